The number of nitrogens with one attached hydrogen (secondary N) is 2. The van der Waals surface area contributed by atoms with E-state index in [2.05, 4.69) is 20.6 Å². The van der Waals surface area contributed by atoms with E-state index in [9.17, 15) is 66.1 Å². The highest BCUT2D eigenvalue weighted by Gasteiger charge is 2.44. The number of halogens is 7. The van der Waals surface area contributed by atoms with E-state index in [4.69, 9.17) is 22.1 Å². The van der Waals surface area contributed by atoms with E-state index >= 15 is 8.78 Å². The predicted octanol–water partition coefficient (Wildman–Crippen LogP) is 7.19. The van der Waals surface area contributed by atoms with Gasteiger partial charge in [-0.3, -0.25) is 57.6 Å². The number of aromatic hydroxyl groups is 2. The van der Waals surface area contributed by atoms with Gasteiger partial charge >= 0.3 is 5.97 Å². The minimum Gasteiger partial charge on any atom is -0.505 e. The van der Waals surface area contributed by atoms with Crippen molar-refractivity contribution < 1.29 is 70.1 Å². The lowest BCUT2D eigenvalue weighted by Gasteiger charge is -2.24. The normalized spacial score (nSPS) is 15.1. The zero-order valence-corrected chi connectivity index (χ0v) is 49.2. The van der Waals surface area contributed by atoms with Crippen LogP contribution < -0.4 is 27.5 Å². The van der Waals surface area contributed by atoms with E-state index in [1.165, 1.54) is 80.0 Å². The number of alkyl halides is 4. The van der Waals surface area contributed by atoms with Gasteiger partial charge in [0.1, 0.15) is 28.2 Å². The molecule has 21 nitrogen and oxygen atoms in total. The predicted molar refractivity (Wildman–Crippen MR) is 317 cm³/mol. The number of likely N-dealkylation sites (tertiary alicyclic amines) is 2. The van der Waals surface area contributed by atoms with Crippen molar-refractivity contribution in [3.8, 4) is 11.5 Å². The maximum Gasteiger partial charge on any atom is 0.347 e. The van der Waals surface area contributed by atoms with Crippen molar-refractivity contribution in [1.82, 2.24) is 39.1 Å². The fraction of sp³-hybridized carbons (Fsp3) is 0.355. The zero-order valence-electron chi connectivity index (χ0n) is 48.4. The number of rotatable bonds is 18. The number of esters is 1. The third-order valence-corrected chi connectivity index (χ3v) is 15.8. The van der Waals surface area contributed by atoms with Crippen molar-refractivity contribution in [3.05, 3.63) is 167 Å². The molecule has 0 bridgehead atoms. The van der Waals surface area contributed by atoms with Crippen LogP contribution in [0.2, 0.25) is 5.02 Å². The van der Waals surface area contributed by atoms with Crippen molar-refractivity contribution in [1.29, 1.82) is 0 Å². The molecule has 6 N–H and O–H groups in total. The maximum absolute atomic E-state index is 15.7. The summed E-state index contributed by atoms with van der Waals surface area (Å²) in [5.41, 5.74) is 2.36. The molecule has 2 saturated heterocycles. The van der Waals surface area contributed by atoms with Crippen LogP contribution in [0.25, 0.3) is 22.1 Å². The molecule has 4 aromatic heterocycles. The van der Waals surface area contributed by atoms with Gasteiger partial charge in [-0.1, -0.05) is 48.0 Å². The Hall–Kier alpha value is -9.37. The molecule has 28 heteroatoms. The lowest BCUT2D eigenvalue weighted by molar-refractivity contribution is -0.128. The molecule has 0 spiro atoms. The summed E-state index contributed by atoms with van der Waals surface area (Å²) in [6.07, 6.45) is 7.29. The van der Waals surface area contributed by atoms with Gasteiger partial charge in [0.15, 0.2) is 17.1 Å². The van der Waals surface area contributed by atoms with Crippen LogP contribution >= 0.6 is 11.6 Å². The van der Waals surface area contributed by atoms with E-state index in [0.717, 1.165) is 43.3 Å². The van der Waals surface area contributed by atoms with Gasteiger partial charge in [0.2, 0.25) is 11.8 Å². The first-order valence-electron chi connectivity index (χ1n) is 28.8. The molecule has 8 heterocycles. The molecular formula is C62H61ClF6N10O11. The number of pyridine rings is 4. The van der Waals surface area contributed by atoms with E-state index in [0.29, 0.717) is 64.5 Å². The third kappa shape index (κ3) is 14.2. The molecule has 0 unspecified atom stereocenters. The fourth-order valence-corrected chi connectivity index (χ4v) is 11.2. The summed E-state index contributed by atoms with van der Waals surface area (Å²) in [6, 6.07) is 16.7. The third-order valence-electron chi connectivity index (χ3n) is 15.3. The van der Waals surface area contributed by atoms with Crippen molar-refractivity contribution in [2.75, 3.05) is 64.3 Å². The summed E-state index contributed by atoms with van der Waals surface area (Å²) in [4.78, 5) is 113. The molecule has 5 amide bonds. The molecule has 0 aliphatic carbocycles. The zero-order chi connectivity index (χ0) is 64.8. The molecule has 4 aliphatic rings. The van der Waals surface area contributed by atoms with Gasteiger partial charge < -0.3 is 41.1 Å². The molecule has 0 radical (unpaired) electrons. The summed E-state index contributed by atoms with van der Waals surface area (Å²) in [6.45, 7) is 0.341. The quantitative estimate of drug-likeness (QED) is 0.0246. The van der Waals surface area contributed by atoms with Gasteiger partial charge in [-0.15, -0.1) is 0 Å². The molecule has 11 rings (SSSR count). The SMILES string of the molecule is CCOC(=O)c1c(O)c2ncc(Cc3ccc(F)cc3)c(Cl)c2n(CC(F)(F)CN2C(=O)c3ccccc3C2=O)c1=O.NCCCN1CCCC1=O.O=C(NCCCN1CCCC1=O)c1c(O)c2ncc(Cc3ccc(F)cc3)c3c2n(c1=O)CC(F)(F)CN3. The van der Waals surface area contributed by atoms with Gasteiger partial charge in [-0.05, 0) is 92.2 Å². The van der Waals surface area contributed by atoms with Crippen molar-refractivity contribution in [2.45, 2.75) is 83.2 Å². The number of hydrogen-bond donors (Lipinski definition) is 5. The Morgan fingerprint density at radius 2 is 1.28 bits per heavy atom. The van der Waals surface area contributed by atoms with Gasteiger partial charge in [0, 0.05) is 76.4 Å². The average Bonchev–Trinajstić information content (AvgIpc) is 1.30. The number of aromatic nitrogens is 4. The minimum absolute atomic E-state index is 0.0339. The number of fused-ring (bicyclic) bond motifs is 2. The number of anilines is 1. The van der Waals surface area contributed by atoms with Crippen LogP contribution in [0.4, 0.5) is 32.0 Å². The second kappa shape index (κ2) is 27.6. The highest BCUT2D eigenvalue weighted by molar-refractivity contribution is 6.36. The lowest BCUT2D eigenvalue weighted by Crippen LogP contribution is -2.44. The van der Waals surface area contributed by atoms with Crippen LogP contribution in [0.5, 0.6) is 11.5 Å². The fourth-order valence-electron chi connectivity index (χ4n) is 10.9. The first kappa shape index (κ1) is 65.1. The topological polar surface area (TPSA) is 282 Å². The van der Waals surface area contributed by atoms with Crippen LogP contribution in [0.15, 0.2) is 94.8 Å². The smallest absolute Gasteiger partial charge is 0.347 e. The summed E-state index contributed by atoms with van der Waals surface area (Å²) < 4.78 is 93.6. The number of hydrogen-bond acceptors (Lipinski definition) is 15. The van der Waals surface area contributed by atoms with Crippen molar-refractivity contribution >= 4 is 74.9 Å². The van der Waals surface area contributed by atoms with Crippen LogP contribution in [0.3, 0.4) is 0 Å². The second-order valence-electron chi connectivity index (χ2n) is 21.7. The molecule has 4 aliphatic heterocycles. The standard InChI is InChI=1S/C29H21ClF3N3O6.C26H26F3N5O4.C7H14N2O/c1-2-42-28(41)20-24(37)22-23(21(30)16(12-34-22)11-15-7-9-17(31)10-8-15)35(27(20)40)13-29(32,33)14-36-25(38)18-5-3-4-6-19(18)26(36)39;27-17-6-4-15(5-7-17)11-16-12-31-21-22-20(16)32-13-26(28,29)14-34(22)25(38)19(23(21)36)24(37)30-8-2-10-33-9-1-3-18(33)35;8-4-2-6-9-5-1-3-7(9)10/h3-10,12,37H,2,11,13-14H2,1H3;4-7,12,32,36H,1-3,8-11,13-14H2,(H,30,37);1-6,8H2. The number of imide groups is 1. The Labute approximate surface area is 514 Å². The first-order valence-corrected chi connectivity index (χ1v) is 29.1. The Morgan fingerprint density at radius 3 is 1.82 bits per heavy atom. The van der Waals surface area contributed by atoms with Gasteiger partial charge in [-0.2, -0.15) is 0 Å². The number of nitrogens with zero attached hydrogens (tertiary/aromatic N) is 7. The van der Waals surface area contributed by atoms with Crippen molar-refractivity contribution in [2.24, 2.45) is 5.73 Å². The monoisotopic (exact) mass is 1270 g/mol. The highest BCUT2D eigenvalue weighted by Crippen LogP contribution is 2.38. The van der Waals surface area contributed by atoms with E-state index < -0.39 is 118 Å². The average molecular weight is 1270 g/mol. The minimum atomic E-state index is -3.91. The van der Waals surface area contributed by atoms with Gasteiger partial charge in [0.25, 0.3) is 40.7 Å². The number of carbonyl (C=O) groups is 6. The molecule has 7 aromatic rings. The van der Waals surface area contributed by atoms with Gasteiger partial charge in [-0.25, -0.2) is 31.1 Å². The molecule has 474 valence electrons. The van der Waals surface area contributed by atoms with Crippen LogP contribution in [-0.2, 0) is 40.3 Å². The molecule has 0 atom stereocenters. The van der Waals surface area contributed by atoms with E-state index in [-0.39, 0.29) is 70.3 Å². The number of nitrogens with two attached hydrogens (primary N) is 1. The molecule has 2 fully saturated rings. The maximum atomic E-state index is 15.7. The Morgan fingerprint density at radius 1 is 0.744 bits per heavy atom. The number of carbonyl (C=O) groups excluding carboxylic acids is 6. The van der Waals surface area contributed by atoms with Gasteiger partial charge in [0.05, 0.1) is 65.7 Å². The summed E-state index contributed by atoms with van der Waals surface area (Å²) in [5, 5.41) is 26.7. The number of amides is 5. The molecule has 90 heavy (non-hydrogen) atoms. The van der Waals surface area contributed by atoms with Crippen LogP contribution in [0, 0.1) is 11.6 Å². The first-order chi connectivity index (χ1) is 42.9. The Kier molecular flexibility index (Phi) is 19.9. The summed E-state index contributed by atoms with van der Waals surface area (Å²) in [7, 11) is 0. The molecule has 3 aromatic carbocycles. The number of benzene rings is 3. The van der Waals surface area contributed by atoms with Crippen molar-refractivity contribution in [3.63, 3.8) is 0 Å². The van der Waals surface area contributed by atoms with E-state index in [1.54, 1.807) is 17.0 Å². The Bertz CT molecular complexity index is 4040. The highest BCUT2D eigenvalue weighted by atomic mass is 35.5. The lowest BCUT2D eigenvalue weighted by atomic mass is 10.0. The molecule has 0 saturated carbocycles. The van der Waals surface area contributed by atoms with Crippen LogP contribution in [0.1, 0.15) is 109 Å². The van der Waals surface area contributed by atoms with E-state index in [1.807, 2.05) is 4.90 Å². The van der Waals surface area contributed by atoms with Crippen LogP contribution in [-0.4, -0.2) is 150 Å². The molecular weight excluding hydrogens is 1210 g/mol. The number of ether oxygens (including phenoxy) is 1. The second-order valence-corrected chi connectivity index (χ2v) is 22.1. The summed E-state index contributed by atoms with van der Waals surface area (Å²) >= 11 is 6.61. The largest absolute Gasteiger partial charge is 0.505 e. The summed E-state index contributed by atoms with van der Waals surface area (Å²) in [5.74, 6) is -13.4. The Balaban J connectivity index is 0.000000185.